The second-order valence-electron chi connectivity index (χ2n) is 5.65. The Morgan fingerprint density at radius 2 is 1.88 bits per heavy atom. The summed E-state index contributed by atoms with van der Waals surface area (Å²) in [5.74, 6) is -1.21. The smallest absolute Gasteiger partial charge is 0.332 e. The highest BCUT2D eigenvalue weighted by Gasteiger charge is 2.40. The van der Waals surface area contributed by atoms with E-state index in [1.54, 1.807) is 0 Å². The second-order valence-corrected chi connectivity index (χ2v) is 5.65. The van der Waals surface area contributed by atoms with Gasteiger partial charge in [-0.3, -0.25) is 4.79 Å². The Kier molecular flexibility index (Phi) is 5.69. The van der Waals surface area contributed by atoms with E-state index < -0.39 is 18.0 Å². The molecule has 1 aliphatic heterocycles. The molecule has 1 unspecified atom stereocenters. The van der Waals surface area contributed by atoms with Crippen LogP contribution >= 0.6 is 12.4 Å². The zero-order valence-electron chi connectivity index (χ0n) is 13.1. The molecule has 1 amide bonds. The van der Waals surface area contributed by atoms with Gasteiger partial charge in [0.05, 0.1) is 12.6 Å². The van der Waals surface area contributed by atoms with Gasteiger partial charge in [-0.15, -0.1) is 22.6 Å². The molecule has 3 rings (SSSR count). The number of nitrogens with two attached hydrogens (primary N) is 1. The van der Waals surface area contributed by atoms with Crippen molar-refractivity contribution in [2.45, 2.75) is 31.7 Å². The molecule has 0 aliphatic carbocycles. The molecule has 0 saturated carbocycles. The van der Waals surface area contributed by atoms with E-state index in [-0.39, 0.29) is 43.8 Å². The topological polar surface area (TPSA) is 77.0 Å². The number of hydrogen-bond donors (Lipinski definition) is 1. The van der Waals surface area contributed by atoms with Crippen LogP contribution in [-0.2, 0) is 30.5 Å². The number of halogens is 4. The van der Waals surface area contributed by atoms with E-state index >= 15 is 0 Å². The molecule has 1 atom stereocenters. The highest BCUT2D eigenvalue weighted by Crippen LogP contribution is 2.29. The molecule has 1 aliphatic rings. The minimum absolute atomic E-state index is 0. The molecule has 0 fully saturated rings. The molecule has 0 radical (unpaired) electrons. The Bertz CT molecular complexity index is 735. The Morgan fingerprint density at radius 3 is 2.52 bits per heavy atom. The first-order valence-electron chi connectivity index (χ1n) is 7.44. The average molecular weight is 376 g/mol. The lowest BCUT2D eigenvalue weighted by molar-refractivity contribution is -0.148. The lowest BCUT2D eigenvalue weighted by Gasteiger charge is -2.30. The van der Waals surface area contributed by atoms with E-state index in [1.807, 2.05) is 30.3 Å². The summed E-state index contributed by atoms with van der Waals surface area (Å²) in [6, 6.07) is 8.57. The first-order valence-corrected chi connectivity index (χ1v) is 7.44. The normalized spacial score (nSPS) is 15.3. The van der Waals surface area contributed by atoms with Crippen LogP contribution in [0.4, 0.5) is 13.2 Å². The van der Waals surface area contributed by atoms with E-state index in [2.05, 4.69) is 10.2 Å². The van der Waals surface area contributed by atoms with Crippen molar-refractivity contribution in [2.75, 3.05) is 6.54 Å². The zero-order valence-corrected chi connectivity index (χ0v) is 13.9. The second kappa shape index (κ2) is 7.40. The first kappa shape index (κ1) is 19.2. The fraction of sp³-hybridized carbons (Fsp3) is 0.400. The highest BCUT2D eigenvalue weighted by molar-refractivity contribution is 5.85. The monoisotopic (exact) mass is 375 g/mol. The van der Waals surface area contributed by atoms with Crippen LogP contribution in [0.25, 0.3) is 0 Å². The van der Waals surface area contributed by atoms with E-state index in [0.29, 0.717) is 6.42 Å². The van der Waals surface area contributed by atoms with Gasteiger partial charge >= 0.3 is 6.18 Å². The van der Waals surface area contributed by atoms with Crippen LogP contribution in [0.2, 0.25) is 0 Å². The van der Waals surface area contributed by atoms with E-state index in [4.69, 9.17) is 5.73 Å². The third-order valence-corrected chi connectivity index (χ3v) is 3.93. The predicted octanol–water partition coefficient (Wildman–Crippen LogP) is 1.63. The van der Waals surface area contributed by atoms with Crippen LogP contribution in [0.5, 0.6) is 0 Å². The fourth-order valence-electron chi connectivity index (χ4n) is 2.75. The summed E-state index contributed by atoms with van der Waals surface area (Å²) in [7, 11) is 0. The van der Waals surface area contributed by atoms with Gasteiger partial charge in [0, 0.05) is 13.1 Å². The molecular weight excluding hydrogens is 359 g/mol. The Hall–Kier alpha value is -2.13. The van der Waals surface area contributed by atoms with Crippen molar-refractivity contribution >= 4 is 18.3 Å². The van der Waals surface area contributed by atoms with E-state index in [9.17, 15) is 18.0 Å². The van der Waals surface area contributed by atoms with Crippen molar-refractivity contribution in [1.82, 2.24) is 19.7 Å². The number of nitrogens with zero attached hydrogens (tertiary/aromatic N) is 4. The quantitative estimate of drug-likeness (QED) is 0.884. The van der Waals surface area contributed by atoms with Gasteiger partial charge in [0.2, 0.25) is 11.7 Å². The molecule has 25 heavy (non-hydrogen) atoms. The van der Waals surface area contributed by atoms with Crippen LogP contribution in [0, 0.1) is 0 Å². The molecule has 0 bridgehead atoms. The number of benzene rings is 1. The van der Waals surface area contributed by atoms with Gasteiger partial charge in [-0.1, -0.05) is 30.3 Å². The summed E-state index contributed by atoms with van der Waals surface area (Å²) in [4.78, 5) is 13.9. The number of alkyl halides is 3. The third kappa shape index (κ3) is 4.10. The minimum Gasteiger partial charge on any atom is -0.332 e. The summed E-state index contributed by atoms with van der Waals surface area (Å²) in [5, 5.41) is 6.75. The molecule has 10 heteroatoms. The third-order valence-electron chi connectivity index (χ3n) is 3.93. The molecule has 2 heterocycles. The number of hydrogen-bond acceptors (Lipinski definition) is 4. The number of amides is 1. The van der Waals surface area contributed by atoms with Gasteiger partial charge in [0.15, 0.2) is 5.82 Å². The maximum Gasteiger partial charge on any atom is 0.451 e. The standard InChI is InChI=1S/C15H16F3N5O.ClH/c16-15(17,18)14-21-20-12-9-22(6-7-23(12)14)13(24)11(19)8-10-4-2-1-3-5-10;/h1-5,11H,6-9,19H2;1H. The summed E-state index contributed by atoms with van der Waals surface area (Å²) in [6.07, 6.45) is -4.18. The van der Waals surface area contributed by atoms with Crippen LogP contribution in [0.15, 0.2) is 30.3 Å². The minimum atomic E-state index is -4.55. The molecule has 6 nitrogen and oxygen atoms in total. The van der Waals surface area contributed by atoms with Gasteiger partial charge < -0.3 is 15.2 Å². The van der Waals surface area contributed by atoms with Gasteiger partial charge in [-0.25, -0.2) is 0 Å². The molecule has 2 aromatic rings. The Morgan fingerprint density at radius 1 is 1.20 bits per heavy atom. The van der Waals surface area contributed by atoms with E-state index in [1.165, 1.54) is 4.90 Å². The largest absolute Gasteiger partial charge is 0.451 e. The van der Waals surface area contributed by atoms with Crippen LogP contribution < -0.4 is 5.73 Å². The number of carbonyl (C=O) groups is 1. The van der Waals surface area contributed by atoms with Gasteiger partial charge in [0.25, 0.3) is 0 Å². The SMILES string of the molecule is Cl.NC(Cc1ccccc1)C(=O)N1CCn2c(nnc2C(F)(F)F)C1. The fourth-order valence-corrected chi connectivity index (χ4v) is 2.75. The predicted molar refractivity (Wildman–Crippen MR) is 85.8 cm³/mol. The van der Waals surface area contributed by atoms with Crippen LogP contribution in [-0.4, -0.2) is 38.2 Å². The Labute approximate surface area is 148 Å². The summed E-state index contributed by atoms with van der Waals surface area (Å²) in [5.41, 5.74) is 6.89. The van der Waals surface area contributed by atoms with Crippen molar-refractivity contribution in [2.24, 2.45) is 5.73 Å². The van der Waals surface area contributed by atoms with Crippen LogP contribution in [0.3, 0.4) is 0 Å². The molecule has 1 aromatic heterocycles. The molecule has 1 aromatic carbocycles. The number of carbonyl (C=O) groups excluding carboxylic acids is 1. The van der Waals surface area contributed by atoms with E-state index in [0.717, 1.165) is 10.1 Å². The number of rotatable bonds is 3. The van der Waals surface area contributed by atoms with Crippen molar-refractivity contribution in [3.8, 4) is 0 Å². The van der Waals surface area contributed by atoms with Gasteiger partial charge in [-0.2, -0.15) is 13.2 Å². The number of fused-ring (bicyclic) bond motifs is 1. The lowest BCUT2D eigenvalue weighted by atomic mass is 10.1. The average Bonchev–Trinajstić information content (AvgIpc) is 2.98. The molecule has 0 saturated heterocycles. The van der Waals surface area contributed by atoms with Crippen LogP contribution in [0.1, 0.15) is 17.2 Å². The highest BCUT2D eigenvalue weighted by atomic mass is 35.5. The van der Waals surface area contributed by atoms with Gasteiger partial charge in [-0.05, 0) is 12.0 Å². The first-order chi connectivity index (χ1) is 11.4. The molecule has 2 N–H and O–H groups in total. The van der Waals surface area contributed by atoms with Crippen molar-refractivity contribution in [1.29, 1.82) is 0 Å². The maximum atomic E-state index is 12.8. The van der Waals surface area contributed by atoms with Crippen molar-refractivity contribution < 1.29 is 18.0 Å². The zero-order chi connectivity index (χ0) is 17.3. The Balaban J connectivity index is 0.00000225. The summed E-state index contributed by atoms with van der Waals surface area (Å²) < 4.78 is 39.4. The summed E-state index contributed by atoms with van der Waals surface area (Å²) in [6.45, 7) is 0.126. The number of aromatic nitrogens is 3. The molecule has 0 spiro atoms. The van der Waals surface area contributed by atoms with Crippen molar-refractivity contribution in [3.63, 3.8) is 0 Å². The maximum absolute atomic E-state index is 12.8. The summed E-state index contributed by atoms with van der Waals surface area (Å²) >= 11 is 0. The van der Waals surface area contributed by atoms with Crippen molar-refractivity contribution in [3.05, 3.63) is 47.5 Å². The molecule has 136 valence electrons. The lowest BCUT2D eigenvalue weighted by Crippen LogP contribution is -2.48. The molecular formula is C15H17ClF3N5O. The van der Waals surface area contributed by atoms with Gasteiger partial charge in [0.1, 0.15) is 0 Å².